The van der Waals surface area contributed by atoms with Crippen LogP contribution in [0.5, 0.6) is 0 Å². The quantitative estimate of drug-likeness (QED) is 0.465. The molecule has 3 fully saturated rings. The zero-order chi connectivity index (χ0) is 18.2. The van der Waals surface area contributed by atoms with Gasteiger partial charge in [0.05, 0.1) is 18.0 Å². The van der Waals surface area contributed by atoms with Gasteiger partial charge in [0.25, 0.3) is 0 Å². The van der Waals surface area contributed by atoms with Crippen LogP contribution in [0, 0.1) is 28.6 Å². The fraction of sp³-hybridized carbons (Fsp3) is 0.762. The monoisotopic (exact) mass is 346 g/mol. The number of rotatable bonds is 0. The first-order valence-electron chi connectivity index (χ1n) is 9.63. The third kappa shape index (κ3) is 2.10. The molecule has 0 heterocycles. The summed E-state index contributed by atoms with van der Waals surface area (Å²) in [5.74, 6) is 0.765. The Kier molecular flexibility index (Phi) is 3.60. The van der Waals surface area contributed by atoms with E-state index in [1.807, 2.05) is 6.92 Å². The second kappa shape index (κ2) is 5.20. The van der Waals surface area contributed by atoms with Crippen molar-refractivity contribution in [3.8, 4) is 0 Å². The van der Waals surface area contributed by atoms with Crippen LogP contribution < -0.4 is 0 Å². The summed E-state index contributed by atoms with van der Waals surface area (Å²) >= 11 is 0. The van der Waals surface area contributed by atoms with E-state index in [0.29, 0.717) is 30.3 Å². The molecule has 0 bridgehead atoms. The van der Waals surface area contributed by atoms with Crippen LogP contribution in [0.2, 0.25) is 0 Å². The van der Waals surface area contributed by atoms with E-state index in [9.17, 15) is 20.1 Å². The first-order chi connectivity index (χ1) is 11.6. The molecule has 0 radical (unpaired) electrons. The van der Waals surface area contributed by atoms with Gasteiger partial charge < -0.3 is 15.3 Å². The number of allylic oxidation sites excluding steroid dienone is 2. The minimum absolute atomic E-state index is 0.0857. The van der Waals surface area contributed by atoms with Crippen LogP contribution in [0.25, 0.3) is 0 Å². The maximum absolute atomic E-state index is 12.2. The Morgan fingerprint density at radius 1 is 1.24 bits per heavy atom. The number of hydrogen-bond acceptors (Lipinski definition) is 4. The zero-order valence-corrected chi connectivity index (χ0v) is 15.5. The van der Waals surface area contributed by atoms with Gasteiger partial charge in [-0.3, -0.25) is 4.79 Å². The Balaban J connectivity index is 1.77. The minimum atomic E-state index is -0.723. The molecule has 3 N–H and O–H groups in total. The molecule has 138 valence electrons. The van der Waals surface area contributed by atoms with Gasteiger partial charge in [0.2, 0.25) is 0 Å². The van der Waals surface area contributed by atoms with Crippen molar-refractivity contribution in [3.63, 3.8) is 0 Å². The second-order valence-electron chi connectivity index (χ2n) is 9.62. The third-order valence-electron chi connectivity index (χ3n) is 8.57. The Labute approximate surface area is 149 Å². The summed E-state index contributed by atoms with van der Waals surface area (Å²) in [6.45, 7) is 6.24. The number of aliphatic hydroxyl groups excluding tert-OH is 2. The van der Waals surface area contributed by atoms with Gasteiger partial charge in [0.15, 0.2) is 5.78 Å². The molecule has 4 nitrogen and oxygen atoms in total. The molecule has 7 atom stereocenters. The molecule has 0 spiro atoms. The fourth-order valence-corrected chi connectivity index (χ4v) is 7.01. The zero-order valence-electron chi connectivity index (χ0n) is 15.5. The van der Waals surface area contributed by atoms with E-state index in [4.69, 9.17) is 0 Å². The average molecular weight is 346 g/mol. The number of aliphatic hydroxyl groups is 3. The molecule has 4 aliphatic carbocycles. The lowest BCUT2D eigenvalue weighted by atomic mass is 9.45. The normalized spacial score (nSPS) is 53.9. The molecule has 0 saturated heterocycles. The highest BCUT2D eigenvalue weighted by Gasteiger charge is 2.65. The number of ketones is 1. The van der Waals surface area contributed by atoms with Crippen molar-refractivity contribution in [1.29, 1.82) is 0 Å². The third-order valence-corrected chi connectivity index (χ3v) is 8.57. The van der Waals surface area contributed by atoms with Gasteiger partial charge in [-0.05, 0) is 74.7 Å². The average Bonchev–Trinajstić information content (AvgIpc) is 2.76. The van der Waals surface area contributed by atoms with E-state index in [1.54, 1.807) is 6.08 Å². The molecule has 0 aromatic heterocycles. The summed E-state index contributed by atoms with van der Waals surface area (Å²) in [5.41, 5.74) is 0.341. The van der Waals surface area contributed by atoms with Crippen molar-refractivity contribution in [3.05, 3.63) is 23.5 Å². The van der Waals surface area contributed by atoms with Gasteiger partial charge in [0, 0.05) is 11.0 Å². The molecule has 4 rings (SSSR count). The standard InChI is InChI=1S/C21H30O4/c1-19-9-12(11-22)16(23)8-13(19)4-5-14-15-6-7-21(3,25)20(15,2)10-17(24)18(14)19/h8,11,14-15,17-18,22,24-25H,4-7,9-10H2,1-3H3/t14-,15-,17+,18+,19-,20-,21+/m0/s1. The van der Waals surface area contributed by atoms with Crippen LogP contribution in [0.4, 0.5) is 0 Å². The molecule has 0 aromatic rings. The van der Waals surface area contributed by atoms with E-state index in [0.717, 1.165) is 37.5 Å². The molecule has 25 heavy (non-hydrogen) atoms. The summed E-state index contributed by atoms with van der Waals surface area (Å²) in [4.78, 5) is 12.2. The number of fused-ring (bicyclic) bond motifs is 5. The maximum atomic E-state index is 12.2. The lowest BCUT2D eigenvalue weighted by molar-refractivity contribution is -0.164. The highest BCUT2D eigenvalue weighted by atomic mass is 16.3. The first kappa shape index (κ1) is 17.3. The SMILES string of the molecule is C[C@]12CC(=CO)C(=O)C=C1CC[C@@H]1[C@@H]2[C@H](O)C[C@@]2(C)[C@H]1CC[C@@]2(C)O. The van der Waals surface area contributed by atoms with E-state index >= 15 is 0 Å². The predicted octanol–water partition coefficient (Wildman–Crippen LogP) is 3.29. The predicted molar refractivity (Wildman–Crippen MR) is 94.8 cm³/mol. The summed E-state index contributed by atoms with van der Waals surface area (Å²) in [6, 6.07) is 0. The Bertz CT molecular complexity index is 675. The minimum Gasteiger partial charge on any atom is -0.515 e. The highest BCUT2D eigenvalue weighted by molar-refractivity contribution is 6.05. The number of carbonyl (C=O) groups excluding carboxylic acids is 1. The van der Waals surface area contributed by atoms with Crippen molar-refractivity contribution >= 4 is 5.78 Å². The molecule has 0 aliphatic heterocycles. The van der Waals surface area contributed by atoms with Crippen molar-refractivity contribution in [2.24, 2.45) is 28.6 Å². The van der Waals surface area contributed by atoms with E-state index < -0.39 is 11.7 Å². The molecular weight excluding hydrogens is 316 g/mol. The highest BCUT2D eigenvalue weighted by Crippen LogP contribution is 2.67. The number of hydrogen-bond donors (Lipinski definition) is 3. The van der Waals surface area contributed by atoms with Crippen molar-refractivity contribution in [2.75, 3.05) is 0 Å². The topological polar surface area (TPSA) is 77.8 Å². The van der Waals surface area contributed by atoms with Crippen molar-refractivity contribution in [1.82, 2.24) is 0 Å². The van der Waals surface area contributed by atoms with Gasteiger partial charge in [-0.25, -0.2) is 0 Å². The summed E-state index contributed by atoms with van der Waals surface area (Å²) < 4.78 is 0. The van der Waals surface area contributed by atoms with Gasteiger partial charge >= 0.3 is 0 Å². The van der Waals surface area contributed by atoms with Crippen LogP contribution >= 0.6 is 0 Å². The lowest BCUT2D eigenvalue weighted by Gasteiger charge is -2.60. The van der Waals surface area contributed by atoms with Gasteiger partial charge in [-0.2, -0.15) is 0 Å². The first-order valence-corrected chi connectivity index (χ1v) is 9.63. The fourth-order valence-electron chi connectivity index (χ4n) is 7.01. The van der Waals surface area contributed by atoms with Crippen LogP contribution in [0.15, 0.2) is 23.5 Å². The lowest BCUT2D eigenvalue weighted by Crippen LogP contribution is -2.59. The molecule has 0 unspecified atom stereocenters. The maximum Gasteiger partial charge on any atom is 0.184 e. The van der Waals surface area contributed by atoms with E-state index in [2.05, 4.69) is 13.8 Å². The summed E-state index contributed by atoms with van der Waals surface area (Å²) in [6.07, 6.45) is 6.94. The van der Waals surface area contributed by atoms with Gasteiger partial charge in [-0.1, -0.05) is 19.4 Å². The summed E-state index contributed by atoms with van der Waals surface area (Å²) in [7, 11) is 0. The van der Waals surface area contributed by atoms with E-state index in [1.165, 1.54) is 0 Å². The van der Waals surface area contributed by atoms with Crippen molar-refractivity contribution < 1.29 is 20.1 Å². The largest absolute Gasteiger partial charge is 0.515 e. The Morgan fingerprint density at radius 2 is 1.96 bits per heavy atom. The van der Waals surface area contributed by atoms with Crippen LogP contribution in [0.1, 0.15) is 59.3 Å². The Hall–Kier alpha value is -1.13. The van der Waals surface area contributed by atoms with Crippen LogP contribution in [-0.2, 0) is 4.79 Å². The molecule has 4 heteroatoms. The smallest absolute Gasteiger partial charge is 0.184 e. The van der Waals surface area contributed by atoms with Gasteiger partial charge in [-0.15, -0.1) is 0 Å². The Morgan fingerprint density at radius 3 is 2.64 bits per heavy atom. The van der Waals surface area contributed by atoms with Gasteiger partial charge in [0.1, 0.15) is 0 Å². The second-order valence-corrected chi connectivity index (χ2v) is 9.62. The molecule has 0 aromatic carbocycles. The summed E-state index contributed by atoms with van der Waals surface area (Å²) in [5, 5.41) is 31.6. The molecule has 4 aliphatic rings. The van der Waals surface area contributed by atoms with Crippen LogP contribution in [0.3, 0.4) is 0 Å². The van der Waals surface area contributed by atoms with E-state index in [-0.39, 0.29) is 22.5 Å². The number of carbonyl (C=O) groups is 1. The van der Waals surface area contributed by atoms with Crippen LogP contribution in [-0.4, -0.2) is 32.8 Å². The molecule has 0 amide bonds. The molecular formula is C21H30O4. The van der Waals surface area contributed by atoms with Crippen molar-refractivity contribution in [2.45, 2.75) is 71.0 Å². The molecule has 3 saturated carbocycles.